The molecule has 1 aromatic heterocycles. The molecule has 5 unspecified atom stereocenters. The summed E-state index contributed by atoms with van der Waals surface area (Å²) in [5, 5.41) is 20.7. The Bertz CT molecular complexity index is 464. The van der Waals surface area contributed by atoms with Crippen LogP contribution in [-0.4, -0.2) is 16.3 Å². The first-order chi connectivity index (χ1) is 8.45. The molecule has 3 nitrogen and oxygen atoms in total. The minimum absolute atomic E-state index is 0.0291. The molecule has 1 fully saturated rings. The first-order valence-corrected chi connectivity index (χ1v) is 6.88. The SMILES string of the molecule is Cc1coc2c1CC1(C)C(C)C(O)CCC1C2O. The van der Waals surface area contributed by atoms with Crippen LogP contribution in [0.3, 0.4) is 0 Å². The summed E-state index contributed by atoms with van der Waals surface area (Å²) < 4.78 is 5.54. The largest absolute Gasteiger partial charge is 0.466 e. The molecule has 0 saturated heterocycles. The van der Waals surface area contributed by atoms with Crippen LogP contribution in [0.4, 0.5) is 0 Å². The van der Waals surface area contributed by atoms with E-state index in [9.17, 15) is 10.2 Å². The lowest BCUT2D eigenvalue weighted by atomic mass is 9.54. The molecule has 0 aliphatic heterocycles. The third kappa shape index (κ3) is 1.44. The molecule has 0 radical (unpaired) electrons. The van der Waals surface area contributed by atoms with Crippen LogP contribution in [-0.2, 0) is 6.42 Å². The molecule has 5 atom stereocenters. The summed E-state index contributed by atoms with van der Waals surface area (Å²) in [4.78, 5) is 0. The van der Waals surface area contributed by atoms with Crippen LogP contribution in [0.15, 0.2) is 10.7 Å². The van der Waals surface area contributed by atoms with Crippen molar-refractivity contribution in [3.05, 3.63) is 23.2 Å². The number of aliphatic hydroxyl groups excluding tert-OH is 2. The number of aliphatic hydroxyl groups is 2. The minimum atomic E-state index is -0.512. The highest BCUT2D eigenvalue weighted by Gasteiger charge is 2.53. The van der Waals surface area contributed by atoms with E-state index in [0.717, 1.165) is 36.1 Å². The predicted molar refractivity (Wildman–Crippen MR) is 68.1 cm³/mol. The van der Waals surface area contributed by atoms with Gasteiger partial charge in [0, 0.05) is 0 Å². The number of fused-ring (bicyclic) bond motifs is 2. The molecule has 0 amide bonds. The van der Waals surface area contributed by atoms with E-state index < -0.39 is 6.10 Å². The first-order valence-electron chi connectivity index (χ1n) is 6.88. The maximum atomic E-state index is 10.6. The summed E-state index contributed by atoms with van der Waals surface area (Å²) in [7, 11) is 0. The molecule has 2 N–H and O–H groups in total. The van der Waals surface area contributed by atoms with Gasteiger partial charge in [0.1, 0.15) is 11.9 Å². The Hall–Kier alpha value is -0.800. The molecule has 2 aliphatic carbocycles. The van der Waals surface area contributed by atoms with Crippen molar-refractivity contribution < 1.29 is 14.6 Å². The van der Waals surface area contributed by atoms with Crippen LogP contribution >= 0.6 is 0 Å². The highest BCUT2D eigenvalue weighted by molar-refractivity contribution is 5.34. The third-order valence-corrected chi connectivity index (χ3v) is 5.58. The maximum Gasteiger partial charge on any atom is 0.136 e. The second-order valence-electron chi connectivity index (χ2n) is 6.43. The van der Waals surface area contributed by atoms with Gasteiger partial charge in [-0.15, -0.1) is 0 Å². The van der Waals surface area contributed by atoms with E-state index in [1.165, 1.54) is 0 Å². The van der Waals surface area contributed by atoms with Gasteiger partial charge in [-0.05, 0) is 54.6 Å². The molecule has 1 aromatic rings. The van der Waals surface area contributed by atoms with Gasteiger partial charge in [0.15, 0.2) is 0 Å². The van der Waals surface area contributed by atoms with E-state index in [2.05, 4.69) is 13.8 Å². The highest BCUT2D eigenvalue weighted by Crippen LogP contribution is 2.56. The Balaban J connectivity index is 2.07. The summed E-state index contributed by atoms with van der Waals surface area (Å²) in [5.74, 6) is 1.18. The smallest absolute Gasteiger partial charge is 0.136 e. The average Bonchev–Trinajstić information content (AvgIpc) is 2.68. The van der Waals surface area contributed by atoms with E-state index in [-0.39, 0.29) is 23.4 Å². The molecule has 18 heavy (non-hydrogen) atoms. The zero-order valence-electron chi connectivity index (χ0n) is 11.3. The van der Waals surface area contributed by atoms with Gasteiger partial charge in [-0.3, -0.25) is 0 Å². The molecule has 0 spiro atoms. The van der Waals surface area contributed by atoms with E-state index >= 15 is 0 Å². The molecule has 100 valence electrons. The number of aryl methyl sites for hydroxylation is 1. The second-order valence-corrected chi connectivity index (χ2v) is 6.43. The lowest BCUT2D eigenvalue weighted by Gasteiger charge is -2.52. The number of furan rings is 1. The molecule has 1 saturated carbocycles. The van der Waals surface area contributed by atoms with Gasteiger partial charge in [-0.1, -0.05) is 13.8 Å². The first kappa shape index (κ1) is 12.2. The van der Waals surface area contributed by atoms with Crippen LogP contribution in [0.5, 0.6) is 0 Å². The van der Waals surface area contributed by atoms with Crippen LogP contribution in [0, 0.1) is 24.2 Å². The molecule has 2 aliphatic rings. The van der Waals surface area contributed by atoms with Crippen molar-refractivity contribution >= 4 is 0 Å². The lowest BCUT2D eigenvalue weighted by molar-refractivity contribution is -0.106. The van der Waals surface area contributed by atoms with Crippen LogP contribution in [0.25, 0.3) is 0 Å². The van der Waals surface area contributed by atoms with Crippen molar-refractivity contribution in [2.24, 2.45) is 17.3 Å². The molecule has 0 bridgehead atoms. The summed E-state index contributed by atoms with van der Waals surface area (Å²) in [6.07, 6.45) is 3.56. The minimum Gasteiger partial charge on any atom is -0.466 e. The van der Waals surface area contributed by atoms with E-state index in [1.54, 1.807) is 6.26 Å². The van der Waals surface area contributed by atoms with Crippen molar-refractivity contribution in [2.45, 2.75) is 52.2 Å². The van der Waals surface area contributed by atoms with E-state index in [0.29, 0.717) is 0 Å². The Labute approximate surface area is 108 Å². The van der Waals surface area contributed by atoms with Gasteiger partial charge in [-0.2, -0.15) is 0 Å². The molecular formula is C15H22O3. The van der Waals surface area contributed by atoms with Crippen molar-refractivity contribution in [3.8, 4) is 0 Å². The summed E-state index contributed by atoms with van der Waals surface area (Å²) in [6.45, 7) is 6.36. The molecule has 3 rings (SSSR count). The van der Waals surface area contributed by atoms with Gasteiger partial charge in [0.25, 0.3) is 0 Å². The Morgan fingerprint density at radius 3 is 2.78 bits per heavy atom. The summed E-state index contributed by atoms with van der Waals surface area (Å²) in [5.41, 5.74) is 2.25. The van der Waals surface area contributed by atoms with Gasteiger partial charge in [-0.25, -0.2) is 0 Å². The molecule has 0 aromatic carbocycles. The predicted octanol–water partition coefficient (Wildman–Crippen LogP) is 2.59. The van der Waals surface area contributed by atoms with Crippen molar-refractivity contribution in [1.82, 2.24) is 0 Å². The zero-order valence-corrected chi connectivity index (χ0v) is 11.3. The normalized spacial score (nSPS) is 43.4. The number of hydrogen-bond donors (Lipinski definition) is 2. The van der Waals surface area contributed by atoms with E-state index in [1.807, 2.05) is 6.92 Å². The van der Waals surface area contributed by atoms with Gasteiger partial charge in [0.2, 0.25) is 0 Å². The summed E-state index contributed by atoms with van der Waals surface area (Å²) >= 11 is 0. The fraction of sp³-hybridized carbons (Fsp3) is 0.733. The monoisotopic (exact) mass is 250 g/mol. The number of hydrogen-bond acceptors (Lipinski definition) is 3. The third-order valence-electron chi connectivity index (χ3n) is 5.58. The standard InChI is InChI=1S/C15H22O3/c1-8-7-18-14-10(8)6-15(3)9(2)12(16)5-4-11(15)13(14)17/h7,9,11-13,16-17H,4-6H2,1-3H3. The number of rotatable bonds is 0. The Morgan fingerprint density at radius 2 is 2.06 bits per heavy atom. The maximum absolute atomic E-state index is 10.6. The average molecular weight is 250 g/mol. The van der Waals surface area contributed by atoms with E-state index in [4.69, 9.17) is 4.42 Å². The lowest BCUT2D eigenvalue weighted by Crippen LogP contribution is -2.50. The fourth-order valence-corrected chi connectivity index (χ4v) is 4.04. The van der Waals surface area contributed by atoms with Crippen LogP contribution in [0.1, 0.15) is 49.7 Å². The topological polar surface area (TPSA) is 53.6 Å². The Morgan fingerprint density at radius 1 is 1.33 bits per heavy atom. The fourth-order valence-electron chi connectivity index (χ4n) is 4.04. The van der Waals surface area contributed by atoms with Crippen LogP contribution < -0.4 is 0 Å². The molecule has 3 heteroatoms. The summed E-state index contributed by atoms with van der Waals surface area (Å²) in [6, 6.07) is 0. The highest BCUT2D eigenvalue weighted by atomic mass is 16.4. The molecule has 1 heterocycles. The van der Waals surface area contributed by atoms with Gasteiger partial charge in [0.05, 0.1) is 12.4 Å². The van der Waals surface area contributed by atoms with Crippen molar-refractivity contribution in [3.63, 3.8) is 0 Å². The van der Waals surface area contributed by atoms with Gasteiger partial charge < -0.3 is 14.6 Å². The zero-order chi connectivity index (χ0) is 13.1. The quantitative estimate of drug-likeness (QED) is 0.744. The van der Waals surface area contributed by atoms with Crippen LogP contribution in [0.2, 0.25) is 0 Å². The molecular weight excluding hydrogens is 228 g/mol. The Kier molecular flexibility index (Phi) is 2.62. The van der Waals surface area contributed by atoms with Gasteiger partial charge >= 0.3 is 0 Å². The second kappa shape index (κ2) is 3.84. The van der Waals surface area contributed by atoms with Crippen molar-refractivity contribution in [1.29, 1.82) is 0 Å². The van der Waals surface area contributed by atoms with Crippen molar-refractivity contribution in [2.75, 3.05) is 0 Å².